The second-order valence-corrected chi connectivity index (χ2v) is 5.93. The number of benzene rings is 1. The number of hydrogen-bond acceptors (Lipinski definition) is 3. The fraction of sp³-hybridized carbons (Fsp3) is 0.471. The molecule has 4 rings (SSSR count). The van der Waals surface area contributed by atoms with Crippen molar-refractivity contribution in [2.75, 3.05) is 13.2 Å². The van der Waals surface area contributed by atoms with Gasteiger partial charge in [0.25, 0.3) is 0 Å². The molecule has 0 aromatic heterocycles. The Bertz CT molecular complexity index is 584. The Morgan fingerprint density at radius 3 is 2.75 bits per heavy atom. The number of allylic oxidation sites excluding steroid dienone is 2. The lowest BCUT2D eigenvalue weighted by Crippen LogP contribution is -2.50. The Labute approximate surface area is 118 Å². The van der Waals surface area contributed by atoms with Gasteiger partial charge in [0.1, 0.15) is 0 Å². The highest BCUT2D eigenvalue weighted by Crippen LogP contribution is 2.53. The fourth-order valence-electron chi connectivity index (χ4n) is 4.06. The van der Waals surface area contributed by atoms with Gasteiger partial charge < -0.3 is 9.47 Å². The maximum absolute atomic E-state index is 12.9. The highest BCUT2D eigenvalue weighted by atomic mass is 16.7. The third-order valence-corrected chi connectivity index (χ3v) is 4.90. The van der Waals surface area contributed by atoms with Crippen LogP contribution >= 0.6 is 0 Å². The van der Waals surface area contributed by atoms with Crippen molar-refractivity contribution in [3.63, 3.8) is 0 Å². The minimum Gasteiger partial charge on any atom is -0.343 e. The summed E-state index contributed by atoms with van der Waals surface area (Å²) >= 11 is 0. The van der Waals surface area contributed by atoms with Gasteiger partial charge in [-0.1, -0.05) is 43.3 Å². The zero-order valence-corrected chi connectivity index (χ0v) is 11.5. The van der Waals surface area contributed by atoms with Crippen molar-refractivity contribution in [1.29, 1.82) is 0 Å². The first-order valence-corrected chi connectivity index (χ1v) is 7.32. The molecule has 1 saturated heterocycles. The van der Waals surface area contributed by atoms with E-state index in [1.54, 1.807) is 0 Å². The highest BCUT2D eigenvalue weighted by molar-refractivity contribution is 6.01. The van der Waals surface area contributed by atoms with Crippen LogP contribution in [0.4, 0.5) is 0 Å². The minimum absolute atomic E-state index is 0.0343. The number of ether oxygens (including phenoxy) is 2. The summed E-state index contributed by atoms with van der Waals surface area (Å²) in [5.74, 6) is -0.180. The molecule has 2 aliphatic carbocycles. The van der Waals surface area contributed by atoms with Crippen molar-refractivity contribution in [1.82, 2.24) is 0 Å². The molecule has 1 aromatic carbocycles. The number of rotatable bonds is 0. The summed E-state index contributed by atoms with van der Waals surface area (Å²) in [6, 6.07) is 7.77. The average molecular weight is 270 g/mol. The van der Waals surface area contributed by atoms with E-state index in [0.717, 1.165) is 17.5 Å². The van der Waals surface area contributed by atoms with E-state index in [0.29, 0.717) is 13.2 Å². The second-order valence-electron chi connectivity index (χ2n) is 5.93. The Morgan fingerprint density at radius 1 is 1.20 bits per heavy atom. The van der Waals surface area contributed by atoms with E-state index in [1.165, 1.54) is 0 Å². The molecule has 1 aromatic rings. The molecule has 104 valence electrons. The number of carbonyl (C=O) groups excluding carboxylic acids is 1. The van der Waals surface area contributed by atoms with Gasteiger partial charge in [-0.15, -0.1) is 0 Å². The van der Waals surface area contributed by atoms with Crippen molar-refractivity contribution in [3.05, 3.63) is 47.5 Å². The minimum atomic E-state index is -0.714. The van der Waals surface area contributed by atoms with Crippen LogP contribution in [-0.2, 0) is 15.3 Å². The molecule has 1 spiro atoms. The maximum Gasteiger partial charge on any atom is 0.199 e. The van der Waals surface area contributed by atoms with E-state index >= 15 is 0 Å². The molecule has 1 fully saturated rings. The SMILES string of the molecule is C[C@H]1C=CC[C@@H]2[C@H]1C(=O)c1ccccc1C21OCCO1. The molecule has 3 nitrogen and oxygen atoms in total. The molecule has 3 heteroatoms. The molecular formula is C17H18O3. The van der Waals surface area contributed by atoms with E-state index in [4.69, 9.17) is 9.47 Å². The zero-order valence-electron chi connectivity index (χ0n) is 11.5. The maximum atomic E-state index is 12.9. The molecular weight excluding hydrogens is 252 g/mol. The van der Waals surface area contributed by atoms with Gasteiger partial charge in [0, 0.05) is 23.0 Å². The topological polar surface area (TPSA) is 35.5 Å². The quantitative estimate of drug-likeness (QED) is 0.680. The van der Waals surface area contributed by atoms with E-state index in [-0.39, 0.29) is 23.5 Å². The van der Waals surface area contributed by atoms with Crippen molar-refractivity contribution < 1.29 is 14.3 Å². The lowest BCUT2D eigenvalue weighted by atomic mass is 9.63. The molecule has 1 aliphatic heterocycles. The molecule has 0 amide bonds. The number of carbonyl (C=O) groups is 1. The van der Waals surface area contributed by atoms with Crippen molar-refractivity contribution in [3.8, 4) is 0 Å². The Hall–Kier alpha value is -1.45. The Balaban J connectivity index is 1.95. The molecule has 0 bridgehead atoms. The van der Waals surface area contributed by atoms with E-state index in [1.807, 2.05) is 24.3 Å². The smallest absolute Gasteiger partial charge is 0.199 e. The van der Waals surface area contributed by atoms with Crippen LogP contribution in [0.5, 0.6) is 0 Å². The Kier molecular flexibility index (Phi) is 2.63. The van der Waals surface area contributed by atoms with Crippen molar-refractivity contribution in [2.24, 2.45) is 17.8 Å². The van der Waals surface area contributed by atoms with Crippen LogP contribution in [0.15, 0.2) is 36.4 Å². The van der Waals surface area contributed by atoms with Crippen LogP contribution in [0.3, 0.4) is 0 Å². The zero-order chi connectivity index (χ0) is 13.7. The first-order chi connectivity index (χ1) is 9.74. The Morgan fingerprint density at radius 2 is 1.95 bits per heavy atom. The average Bonchev–Trinajstić information content (AvgIpc) is 2.96. The normalized spacial score (nSPS) is 34.0. The van der Waals surface area contributed by atoms with Crippen molar-refractivity contribution in [2.45, 2.75) is 19.1 Å². The summed E-state index contributed by atoms with van der Waals surface area (Å²) in [5, 5.41) is 0. The lowest BCUT2D eigenvalue weighted by molar-refractivity contribution is -0.219. The molecule has 20 heavy (non-hydrogen) atoms. The predicted molar refractivity (Wildman–Crippen MR) is 74.3 cm³/mol. The molecule has 0 N–H and O–H groups in total. The molecule has 3 aliphatic rings. The van der Waals surface area contributed by atoms with Crippen LogP contribution in [0.1, 0.15) is 29.3 Å². The van der Waals surface area contributed by atoms with Gasteiger partial charge in [0.05, 0.1) is 13.2 Å². The number of Topliss-reactive ketones (excluding diaryl/α,β-unsaturated/α-hetero) is 1. The van der Waals surface area contributed by atoms with Gasteiger partial charge in [-0.3, -0.25) is 4.79 Å². The van der Waals surface area contributed by atoms with Gasteiger partial charge in [-0.25, -0.2) is 0 Å². The lowest BCUT2D eigenvalue weighted by Gasteiger charge is -2.47. The standard InChI is InChI=1S/C17H18O3/c1-11-5-4-8-14-15(11)16(18)12-6-2-3-7-13(12)17(14)19-9-10-20-17/h2-7,11,14-15H,8-10H2,1H3/t11-,14+,15-/m0/s1. The van der Waals surface area contributed by atoms with E-state index in [9.17, 15) is 4.79 Å². The van der Waals surface area contributed by atoms with Crippen LogP contribution in [0, 0.1) is 17.8 Å². The third-order valence-electron chi connectivity index (χ3n) is 4.90. The first kappa shape index (κ1) is 12.3. The van der Waals surface area contributed by atoms with Crippen LogP contribution in [0.2, 0.25) is 0 Å². The summed E-state index contributed by atoms with van der Waals surface area (Å²) in [7, 11) is 0. The van der Waals surface area contributed by atoms with E-state index < -0.39 is 5.79 Å². The van der Waals surface area contributed by atoms with Gasteiger partial charge in [0.15, 0.2) is 11.6 Å². The van der Waals surface area contributed by atoms with E-state index in [2.05, 4.69) is 19.1 Å². The molecule has 3 atom stereocenters. The summed E-state index contributed by atoms with van der Waals surface area (Å²) in [6.07, 6.45) is 5.16. The number of ketones is 1. The summed E-state index contributed by atoms with van der Waals surface area (Å²) in [4.78, 5) is 12.9. The molecule has 0 unspecified atom stereocenters. The van der Waals surface area contributed by atoms with Crippen LogP contribution in [-0.4, -0.2) is 19.0 Å². The first-order valence-electron chi connectivity index (χ1n) is 7.32. The van der Waals surface area contributed by atoms with Gasteiger partial charge in [0.2, 0.25) is 0 Å². The predicted octanol–water partition coefficient (Wildman–Crippen LogP) is 2.91. The van der Waals surface area contributed by atoms with Crippen molar-refractivity contribution >= 4 is 5.78 Å². The second kappa shape index (κ2) is 4.27. The van der Waals surface area contributed by atoms with Gasteiger partial charge in [-0.05, 0) is 12.3 Å². The monoisotopic (exact) mass is 270 g/mol. The van der Waals surface area contributed by atoms with Crippen LogP contribution < -0.4 is 0 Å². The molecule has 0 radical (unpaired) electrons. The largest absolute Gasteiger partial charge is 0.343 e. The summed E-state index contributed by atoms with van der Waals surface area (Å²) in [5.41, 5.74) is 1.70. The summed E-state index contributed by atoms with van der Waals surface area (Å²) in [6.45, 7) is 3.31. The van der Waals surface area contributed by atoms with Gasteiger partial charge >= 0.3 is 0 Å². The number of fused-ring (bicyclic) bond motifs is 4. The number of hydrogen-bond donors (Lipinski definition) is 0. The van der Waals surface area contributed by atoms with Crippen LogP contribution in [0.25, 0.3) is 0 Å². The summed E-state index contributed by atoms with van der Waals surface area (Å²) < 4.78 is 12.1. The highest BCUT2D eigenvalue weighted by Gasteiger charge is 2.57. The van der Waals surface area contributed by atoms with Gasteiger partial charge in [-0.2, -0.15) is 0 Å². The fourth-order valence-corrected chi connectivity index (χ4v) is 4.06. The molecule has 1 heterocycles. The molecule has 0 saturated carbocycles. The third kappa shape index (κ3) is 1.45.